The van der Waals surface area contributed by atoms with E-state index < -0.39 is 0 Å². The van der Waals surface area contributed by atoms with Gasteiger partial charge in [0.25, 0.3) is 0 Å². The van der Waals surface area contributed by atoms with Gasteiger partial charge in [0.2, 0.25) is 0 Å². The van der Waals surface area contributed by atoms with Crippen molar-refractivity contribution in [2.75, 3.05) is 19.8 Å². The Morgan fingerprint density at radius 1 is 1.33 bits per heavy atom. The highest BCUT2D eigenvalue weighted by Gasteiger charge is 2.14. The molecule has 102 valence electrons. The second-order valence-corrected chi connectivity index (χ2v) is 5.10. The predicted molar refractivity (Wildman–Crippen MR) is 76.2 cm³/mol. The molecule has 0 heterocycles. The van der Waals surface area contributed by atoms with Crippen molar-refractivity contribution < 1.29 is 9.13 Å². The summed E-state index contributed by atoms with van der Waals surface area (Å²) in [6.07, 6.45) is 2.06. The fourth-order valence-corrected chi connectivity index (χ4v) is 2.33. The van der Waals surface area contributed by atoms with Crippen molar-refractivity contribution in [1.29, 1.82) is 0 Å². The van der Waals surface area contributed by atoms with Crippen LogP contribution in [-0.2, 0) is 4.74 Å². The molecule has 1 N–H and O–H groups in total. The number of hydrogen-bond donors (Lipinski definition) is 1. The lowest BCUT2D eigenvalue weighted by atomic mass is 10.1. The largest absolute Gasteiger partial charge is 0.379 e. The van der Waals surface area contributed by atoms with Crippen LogP contribution in [0.15, 0.2) is 22.7 Å². The molecule has 1 atom stereocenters. The molecule has 2 nitrogen and oxygen atoms in total. The predicted octanol–water partition coefficient (Wildman–Crippen LogP) is 4.06. The normalized spacial score (nSPS) is 12.7. The number of hydrogen-bond acceptors (Lipinski definition) is 2. The van der Waals surface area contributed by atoms with Gasteiger partial charge in [-0.15, -0.1) is 0 Å². The van der Waals surface area contributed by atoms with E-state index in [1.807, 2.05) is 6.07 Å². The Balaban J connectivity index is 2.73. The van der Waals surface area contributed by atoms with Gasteiger partial charge in [0.05, 0.1) is 12.6 Å². The number of halogens is 2. The van der Waals surface area contributed by atoms with E-state index >= 15 is 0 Å². The van der Waals surface area contributed by atoms with Gasteiger partial charge >= 0.3 is 0 Å². The van der Waals surface area contributed by atoms with Crippen LogP contribution in [0.25, 0.3) is 0 Å². The van der Waals surface area contributed by atoms with Gasteiger partial charge in [-0.25, -0.2) is 4.39 Å². The lowest BCUT2D eigenvalue weighted by Crippen LogP contribution is -2.27. The van der Waals surface area contributed by atoms with Gasteiger partial charge in [-0.3, -0.25) is 0 Å². The lowest BCUT2D eigenvalue weighted by molar-refractivity contribution is 0.112. The van der Waals surface area contributed by atoms with E-state index in [0.29, 0.717) is 6.61 Å². The van der Waals surface area contributed by atoms with Gasteiger partial charge in [0.1, 0.15) is 5.82 Å². The van der Waals surface area contributed by atoms with Crippen LogP contribution in [0.4, 0.5) is 4.39 Å². The molecule has 0 radical (unpaired) electrons. The third-order valence-corrected chi connectivity index (χ3v) is 3.30. The number of nitrogens with one attached hydrogen (secondary N) is 1. The van der Waals surface area contributed by atoms with Crippen LogP contribution in [0.5, 0.6) is 0 Å². The number of benzene rings is 1. The van der Waals surface area contributed by atoms with E-state index in [1.54, 1.807) is 0 Å². The Hall–Kier alpha value is -0.450. The quantitative estimate of drug-likeness (QED) is 0.730. The molecule has 4 heteroatoms. The van der Waals surface area contributed by atoms with Crippen molar-refractivity contribution in [3.05, 3.63) is 34.1 Å². The van der Waals surface area contributed by atoms with Gasteiger partial charge in [-0.05, 0) is 37.1 Å². The summed E-state index contributed by atoms with van der Waals surface area (Å²) in [7, 11) is 0. The highest BCUT2D eigenvalue weighted by Crippen LogP contribution is 2.24. The van der Waals surface area contributed by atoms with Gasteiger partial charge in [0.15, 0.2) is 0 Å². The SMILES string of the molecule is CCCNC(COCCC)c1ccc(F)cc1Br. The van der Waals surface area contributed by atoms with E-state index in [2.05, 4.69) is 35.1 Å². The molecule has 0 aliphatic heterocycles. The maximum Gasteiger partial charge on any atom is 0.124 e. The summed E-state index contributed by atoms with van der Waals surface area (Å²) in [6.45, 7) is 6.49. The van der Waals surface area contributed by atoms with Crippen molar-refractivity contribution in [2.45, 2.75) is 32.7 Å². The zero-order valence-corrected chi connectivity index (χ0v) is 12.6. The minimum atomic E-state index is -0.227. The molecule has 0 spiro atoms. The van der Waals surface area contributed by atoms with Crippen LogP contribution in [0, 0.1) is 5.82 Å². The van der Waals surface area contributed by atoms with Crippen molar-refractivity contribution in [3.63, 3.8) is 0 Å². The maximum absolute atomic E-state index is 13.1. The third kappa shape index (κ3) is 5.04. The highest BCUT2D eigenvalue weighted by atomic mass is 79.9. The molecule has 0 fully saturated rings. The highest BCUT2D eigenvalue weighted by molar-refractivity contribution is 9.10. The summed E-state index contributed by atoms with van der Waals surface area (Å²) in [5.74, 6) is -0.227. The molecule has 0 bridgehead atoms. The van der Waals surface area contributed by atoms with Crippen molar-refractivity contribution >= 4 is 15.9 Å². The first-order chi connectivity index (χ1) is 8.69. The number of ether oxygens (including phenoxy) is 1. The Morgan fingerprint density at radius 3 is 2.72 bits per heavy atom. The number of rotatable bonds is 8. The Morgan fingerprint density at radius 2 is 2.11 bits per heavy atom. The Labute approximate surface area is 117 Å². The molecule has 0 aliphatic carbocycles. The van der Waals surface area contributed by atoms with Crippen LogP contribution in [-0.4, -0.2) is 19.8 Å². The zero-order valence-electron chi connectivity index (χ0n) is 11.0. The summed E-state index contributed by atoms with van der Waals surface area (Å²) in [6, 6.07) is 4.89. The monoisotopic (exact) mass is 317 g/mol. The smallest absolute Gasteiger partial charge is 0.124 e. The maximum atomic E-state index is 13.1. The summed E-state index contributed by atoms with van der Waals surface area (Å²) < 4.78 is 19.5. The van der Waals surface area contributed by atoms with E-state index in [9.17, 15) is 4.39 Å². The standard InChI is InChI=1S/C14H21BrFNO/c1-3-7-17-14(10-18-8-4-2)12-6-5-11(16)9-13(12)15/h5-6,9,14,17H,3-4,7-8,10H2,1-2H3. The van der Waals surface area contributed by atoms with Crippen molar-refractivity contribution in [1.82, 2.24) is 5.32 Å². The van der Waals surface area contributed by atoms with Gasteiger partial charge in [-0.2, -0.15) is 0 Å². The summed E-state index contributed by atoms with van der Waals surface area (Å²) in [5.41, 5.74) is 1.04. The molecule has 1 unspecified atom stereocenters. The second kappa shape index (κ2) is 8.62. The van der Waals surface area contributed by atoms with Gasteiger partial charge < -0.3 is 10.1 Å². The fraction of sp³-hybridized carbons (Fsp3) is 0.571. The Bertz CT molecular complexity index is 360. The fourth-order valence-electron chi connectivity index (χ4n) is 1.71. The minimum Gasteiger partial charge on any atom is -0.379 e. The summed E-state index contributed by atoms with van der Waals surface area (Å²) in [5, 5.41) is 3.43. The Kier molecular flexibility index (Phi) is 7.47. The van der Waals surface area contributed by atoms with Gasteiger partial charge in [0, 0.05) is 11.1 Å². The van der Waals surface area contributed by atoms with Crippen molar-refractivity contribution in [2.24, 2.45) is 0 Å². The second-order valence-electron chi connectivity index (χ2n) is 4.25. The zero-order chi connectivity index (χ0) is 13.4. The molecule has 0 saturated carbocycles. The van der Waals surface area contributed by atoms with E-state index in [1.165, 1.54) is 12.1 Å². The summed E-state index contributed by atoms with van der Waals surface area (Å²) in [4.78, 5) is 0. The molecule has 18 heavy (non-hydrogen) atoms. The molecule has 0 aliphatic rings. The molecule has 1 aromatic rings. The van der Waals surface area contributed by atoms with Crippen LogP contribution in [0.1, 0.15) is 38.3 Å². The first-order valence-electron chi connectivity index (χ1n) is 6.45. The van der Waals surface area contributed by atoms with E-state index in [4.69, 9.17) is 4.74 Å². The van der Waals surface area contributed by atoms with Crippen LogP contribution >= 0.6 is 15.9 Å². The van der Waals surface area contributed by atoms with Crippen LogP contribution < -0.4 is 5.32 Å². The average Bonchev–Trinajstić information content (AvgIpc) is 2.34. The molecular weight excluding hydrogens is 297 g/mol. The first kappa shape index (κ1) is 15.6. The third-order valence-electron chi connectivity index (χ3n) is 2.61. The average molecular weight is 318 g/mol. The van der Waals surface area contributed by atoms with E-state index in [-0.39, 0.29) is 11.9 Å². The van der Waals surface area contributed by atoms with Crippen molar-refractivity contribution in [3.8, 4) is 0 Å². The molecule has 1 aromatic carbocycles. The topological polar surface area (TPSA) is 21.3 Å². The summed E-state index contributed by atoms with van der Waals surface area (Å²) >= 11 is 3.41. The van der Waals surface area contributed by atoms with Crippen LogP contribution in [0.2, 0.25) is 0 Å². The first-order valence-corrected chi connectivity index (χ1v) is 7.24. The minimum absolute atomic E-state index is 0.103. The lowest BCUT2D eigenvalue weighted by Gasteiger charge is -2.20. The molecular formula is C14H21BrFNO. The van der Waals surface area contributed by atoms with Crippen LogP contribution in [0.3, 0.4) is 0 Å². The molecule has 1 rings (SSSR count). The molecule has 0 aromatic heterocycles. The molecule has 0 amide bonds. The van der Waals surface area contributed by atoms with Gasteiger partial charge in [-0.1, -0.05) is 35.8 Å². The molecule has 0 saturated heterocycles. The van der Waals surface area contributed by atoms with E-state index in [0.717, 1.165) is 36.0 Å².